The number of sulfonamides is 1. The van der Waals surface area contributed by atoms with E-state index >= 15 is 0 Å². The van der Waals surface area contributed by atoms with Crippen LogP contribution < -0.4 is 5.32 Å². The monoisotopic (exact) mass is 280 g/mol. The number of thioether (sulfide) groups is 1. The fraction of sp³-hybridized carbons (Fsp3) is 1.00. The third-order valence-corrected chi connectivity index (χ3v) is 6.45. The van der Waals surface area contributed by atoms with E-state index in [2.05, 4.69) is 19.2 Å². The second-order valence-corrected chi connectivity index (χ2v) is 9.26. The van der Waals surface area contributed by atoms with Gasteiger partial charge in [0.25, 0.3) is 0 Å². The molecule has 0 saturated carbocycles. The first kappa shape index (κ1) is 15.3. The molecule has 1 saturated heterocycles. The van der Waals surface area contributed by atoms with Crippen LogP contribution in [0.3, 0.4) is 0 Å². The van der Waals surface area contributed by atoms with Gasteiger partial charge in [0, 0.05) is 30.1 Å². The molecule has 0 aromatic heterocycles. The molecule has 0 amide bonds. The highest BCUT2D eigenvalue weighted by molar-refractivity contribution is 8.00. The third-order valence-electron chi connectivity index (χ3n) is 2.94. The molecule has 0 aromatic rings. The van der Waals surface area contributed by atoms with E-state index in [0.29, 0.717) is 19.6 Å². The van der Waals surface area contributed by atoms with E-state index in [9.17, 15) is 8.42 Å². The van der Waals surface area contributed by atoms with Gasteiger partial charge in [0.05, 0.1) is 5.25 Å². The summed E-state index contributed by atoms with van der Waals surface area (Å²) in [6.45, 7) is 10.6. The number of nitrogens with zero attached hydrogens (tertiary/aromatic N) is 1. The van der Waals surface area contributed by atoms with Gasteiger partial charge in [0.15, 0.2) is 0 Å². The van der Waals surface area contributed by atoms with Gasteiger partial charge in [0.1, 0.15) is 0 Å². The van der Waals surface area contributed by atoms with Crippen LogP contribution in [0.4, 0.5) is 0 Å². The average Bonchev–Trinajstić information content (AvgIpc) is 2.24. The Balaban J connectivity index is 2.69. The Morgan fingerprint density at radius 3 is 2.65 bits per heavy atom. The Morgan fingerprint density at radius 2 is 2.12 bits per heavy atom. The highest BCUT2D eigenvalue weighted by Gasteiger charge is 2.36. The standard InChI is InChI=1S/C11H24N2O2S2/c1-5-12-8-10(2)17(14,15)13-6-7-16-11(3,4)9-13/h10,12H,5-9H2,1-4H3. The van der Waals surface area contributed by atoms with Gasteiger partial charge in [-0.05, 0) is 27.3 Å². The zero-order valence-electron chi connectivity index (χ0n) is 11.2. The molecule has 17 heavy (non-hydrogen) atoms. The van der Waals surface area contributed by atoms with E-state index in [4.69, 9.17) is 0 Å². The molecule has 1 rings (SSSR count). The van der Waals surface area contributed by atoms with Crippen LogP contribution >= 0.6 is 11.8 Å². The fourth-order valence-corrected chi connectivity index (χ4v) is 4.89. The second-order valence-electron chi connectivity index (χ2n) is 5.10. The summed E-state index contributed by atoms with van der Waals surface area (Å²) < 4.78 is 26.4. The van der Waals surface area contributed by atoms with Crippen molar-refractivity contribution in [1.82, 2.24) is 9.62 Å². The van der Waals surface area contributed by atoms with Crippen LogP contribution in [0.1, 0.15) is 27.7 Å². The molecule has 1 N–H and O–H groups in total. The van der Waals surface area contributed by atoms with Crippen LogP contribution in [-0.4, -0.2) is 54.7 Å². The van der Waals surface area contributed by atoms with Gasteiger partial charge in [0.2, 0.25) is 10.0 Å². The van der Waals surface area contributed by atoms with Crippen molar-refractivity contribution in [3.8, 4) is 0 Å². The lowest BCUT2D eigenvalue weighted by Gasteiger charge is -2.37. The highest BCUT2D eigenvalue weighted by Crippen LogP contribution is 2.31. The number of nitrogens with one attached hydrogen (secondary N) is 1. The van der Waals surface area contributed by atoms with E-state index < -0.39 is 10.0 Å². The van der Waals surface area contributed by atoms with Crippen LogP contribution in [0.15, 0.2) is 0 Å². The maximum atomic E-state index is 12.4. The lowest BCUT2D eigenvalue weighted by Crippen LogP contribution is -2.50. The second kappa shape index (κ2) is 5.91. The van der Waals surface area contributed by atoms with E-state index in [1.54, 1.807) is 11.2 Å². The molecule has 4 nitrogen and oxygen atoms in total. The van der Waals surface area contributed by atoms with Crippen molar-refractivity contribution >= 4 is 21.8 Å². The minimum Gasteiger partial charge on any atom is -0.316 e. The van der Waals surface area contributed by atoms with Crippen molar-refractivity contribution in [2.24, 2.45) is 0 Å². The molecule has 0 radical (unpaired) electrons. The normalized spacial score (nSPS) is 23.5. The number of hydrogen-bond acceptors (Lipinski definition) is 4. The smallest absolute Gasteiger partial charge is 0.218 e. The van der Waals surface area contributed by atoms with E-state index in [1.807, 2.05) is 18.7 Å². The summed E-state index contributed by atoms with van der Waals surface area (Å²) in [5, 5.41) is 2.76. The molecule has 1 aliphatic rings. The maximum Gasteiger partial charge on any atom is 0.218 e. The van der Waals surface area contributed by atoms with Gasteiger partial charge in [-0.15, -0.1) is 0 Å². The van der Waals surface area contributed by atoms with Gasteiger partial charge in [-0.25, -0.2) is 8.42 Å². The summed E-state index contributed by atoms with van der Waals surface area (Å²) in [4.78, 5) is 0. The minimum absolute atomic E-state index is 0.0310. The largest absolute Gasteiger partial charge is 0.316 e. The summed E-state index contributed by atoms with van der Waals surface area (Å²) in [5.74, 6) is 0.889. The predicted octanol–water partition coefficient (Wildman–Crippen LogP) is 1.14. The molecule has 1 fully saturated rings. The Bertz CT molecular complexity index is 341. The Labute approximate surface area is 110 Å². The van der Waals surface area contributed by atoms with Crippen molar-refractivity contribution < 1.29 is 8.42 Å². The minimum atomic E-state index is -3.15. The van der Waals surface area contributed by atoms with Crippen LogP contribution in [0, 0.1) is 0 Å². The van der Waals surface area contributed by atoms with Crippen molar-refractivity contribution in [2.45, 2.75) is 37.7 Å². The van der Waals surface area contributed by atoms with E-state index in [-0.39, 0.29) is 10.00 Å². The van der Waals surface area contributed by atoms with Crippen LogP contribution in [0.25, 0.3) is 0 Å². The molecular formula is C11H24N2O2S2. The van der Waals surface area contributed by atoms with E-state index in [0.717, 1.165) is 12.3 Å². The molecule has 0 bridgehead atoms. The van der Waals surface area contributed by atoms with Crippen molar-refractivity contribution in [1.29, 1.82) is 0 Å². The van der Waals surface area contributed by atoms with Gasteiger partial charge in [-0.1, -0.05) is 6.92 Å². The number of hydrogen-bond donors (Lipinski definition) is 1. The first-order valence-corrected chi connectivity index (χ1v) is 8.62. The Morgan fingerprint density at radius 1 is 1.47 bits per heavy atom. The Kier molecular flexibility index (Phi) is 5.31. The first-order chi connectivity index (χ1) is 7.79. The molecular weight excluding hydrogens is 256 g/mol. The maximum absolute atomic E-state index is 12.4. The van der Waals surface area contributed by atoms with Crippen LogP contribution in [0.2, 0.25) is 0 Å². The molecule has 1 heterocycles. The van der Waals surface area contributed by atoms with Gasteiger partial charge < -0.3 is 5.32 Å². The lowest BCUT2D eigenvalue weighted by atomic mass is 10.2. The van der Waals surface area contributed by atoms with Crippen molar-refractivity contribution in [3.63, 3.8) is 0 Å². The predicted molar refractivity (Wildman–Crippen MR) is 75.0 cm³/mol. The van der Waals surface area contributed by atoms with Crippen molar-refractivity contribution in [3.05, 3.63) is 0 Å². The summed E-state index contributed by atoms with van der Waals surface area (Å²) >= 11 is 1.85. The molecule has 1 unspecified atom stereocenters. The zero-order valence-corrected chi connectivity index (χ0v) is 12.8. The van der Waals surface area contributed by atoms with Crippen LogP contribution in [-0.2, 0) is 10.0 Å². The number of rotatable bonds is 5. The van der Waals surface area contributed by atoms with E-state index in [1.165, 1.54) is 0 Å². The SMILES string of the molecule is CCNCC(C)S(=O)(=O)N1CCSC(C)(C)C1. The molecule has 6 heteroatoms. The van der Waals surface area contributed by atoms with Gasteiger partial charge >= 0.3 is 0 Å². The topological polar surface area (TPSA) is 49.4 Å². The average molecular weight is 280 g/mol. The van der Waals surface area contributed by atoms with Crippen LogP contribution in [0.5, 0.6) is 0 Å². The quantitative estimate of drug-likeness (QED) is 0.820. The lowest BCUT2D eigenvalue weighted by molar-refractivity contribution is 0.381. The fourth-order valence-electron chi connectivity index (χ4n) is 1.90. The Hall–Kier alpha value is 0.220. The summed E-state index contributed by atoms with van der Waals surface area (Å²) in [6, 6.07) is 0. The van der Waals surface area contributed by atoms with Gasteiger partial charge in [-0.3, -0.25) is 0 Å². The summed E-state index contributed by atoms with van der Waals surface area (Å²) in [7, 11) is -3.15. The third kappa shape index (κ3) is 4.12. The molecule has 1 aliphatic heterocycles. The molecule has 0 aromatic carbocycles. The molecule has 0 spiro atoms. The summed E-state index contributed by atoms with van der Waals surface area (Å²) in [5.41, 5.74) is 0. The highest BCUT2D eigenvalue weighted by atomic mass is 32.2. The molecule has 0 aliphatic carbocycles. The summed E-state index contributed by atoms with van der Waals surface area (Å²) in [6.07, 6.45) is 0. The van der Waals surface area contributed by atoms with Gasteiger partial charge in [-0.2, -0.15) is 16.1 Å². The van der Waals surface area contributed by atoms with Crippen molar-refractivity contribution in [2.75, 3.05) is 31.9 Å². The zero-order chi connectivity index (χ0) is 13.1. The molecule has 102 valence electrons. The molecule has 1 atom stereocenters. The first-order valence-electron chi connectivity index (χ1n) is 6.13.